The van der Waals surface area contributed by atoms with Gasteiger partial charge in [0.25, 0.3) is 5.91 Å². The second-order valence-electron chi connectivity index (χ2n) is 7.40. The van der Waals surface area contributed by atoms with Gasteiger partial charge in [0.05, 0.1) is 5.69 Å². The van der Waals surface area contributed by atoms with Gasteiger partial charge in [-0.1, -0.05) is 18.2 Å². The standard InChI is InChI=1S/C20H21N7O2/c1-14-21-22-17-7-8-18(23-27(14)17)24-11-9-15(10-12-24)25-13-19(28)26(20(25)29)16-5-3-2-4-6-16/h2-8,15H,9-13H2,1H3. The van der Waals surface area contributed by atoms with E-state index in [1.807, 2.05) is 37.3 Å². The van der Waals surface area contributed by atoms with Crippen molar-refractivity contribution in [3.63, 3.8) is 0 Å². The number of piperidine rings is 1. The van der Waals surface area contributed by atoms with Crippen LogP contribution in [0.5, 0.6) is 0 Å². The number of hydrogen-bond acceptors (Lipinski definition) is 6. The second-order valence-corrected chi connectivity index (χ2v) is 7.40. The highest BCUT2D eigenvalue weighted by Crippen LogP contribution is 2.27. The van der Waals surface area contributed by atoms with E-state index in [4.69, 9.17) is 0 Å². The zero-order valence-corrected chi connectivity index (χ0v) is 16.1. The Morgan fingerprint density at radius 2 is 1.72 bits per heavy atom. The Morgan fingerprint density at radius 3 is 2.48 bits per heavy atom. The van der Waals surface area contributed by atoms with E-state index in [0.717, 1.165) is 43.2 Å². The maximum absolute atomic E-state index is 12.9. The molecule has 2 aliphatic heterocycles. The Hall–Kier alpha value is -3.49. The van der Waals surface area contributed by atoms with Crippen LogP contribution >= 0.6 is 0 Å². The Kier molecular flexibility index (Phi) is 4.15. The van der Waals surface area contributed by atoms with Crippen molar-refractivity contribution in [1.29, 1.82) is 0 Å². The summed E-state index contributed by atoms with van der Waals surface area (Å²) in [5.74, 6) is 1.45. The molecule has 2 saturated heterocycles. The first-order chi connectivity index (χ1) is 14.1. The van der Waals surface area contributed by atoms with Crippen molar-refractivity contribution in [2.45, 2.75) is 25.8 Å². The summed E-state index contributed by atoms with van der Waals surface area (Å²) in [6, 6.07) is 12.8. The minimum Gasteiger partial charge on any atom is -0.355 e. The van der Waals surface area contributed by atoms with E-state index in [1.165, 1.54) is 4.90 Å². The van der Waals surface area contributed by atoms with Crippen LogP contribution in [0.25, 0.3) is 5.65 Å². The topological polar surface area (TPSA) is 86.9 Å². The first-order valence-corrected chi connectivity index (χ1v) is 9.74. The Balaban J connectivity index is 1.28. The summed E-state index contributed by atoms with van der Waals surface area (Å²) in [6.07, 6.45) is 1.59. The van der Waals surface area contributed by atoms with Crippen molar-refractivity contribution < 1.29 is 9.59 Å². The number of rotatable bonds is 3. The summed E-state index contributed by atoms with van der Waals surface area (Å²) in [7, 11) is 0. The minimum absolute atomic E-state index is 0.0526. The predicted octanol–water partition coefficient (Wildman–Crippen LogP) is 1.87. The lowest BCUT2D eigenvalue weighted by molar-refractivity contribution is -0.116. The van der Waals surface area contributed by atoms with E-state index >= 15 is 0 Å². The first-order valence-electron chi connectivity index (χ1n) is 9.74. The van der Waals surface area contributed by atoms with Crippen molar-refractivity contribution in [3.05, 3.63) is 48.3 Å². The molecule has 29 heavy (non-hydrogen) atoms. The van der Waals surface area contributed by atoms with E-state index in [9.17, 15) is 9.59 Å². The number of para-hydroxylation sites is 1. The predicted molar refractivity (Wildman–Crippen MR) is 107 cm³/mol. The quantitative estimate of drug-likeness (QED) is 0.634. The monoisotopic (exact) mass is 391 g/mol. The number of carbonyl (C=O) groups excluding carboxylic acids is 2. The Morgan fingerprint density at radius 1 is 0.966 bits per heavy atom. The molecule has 0 atom stereocenters. The molecule has 0 saturated carbocycles. The van der Waals surface area contributed by atoms with Gasteiger partial charge in [0.15, 0.2) is 11.5 Å². The molecule has 0 radical (unpaired) electrons. The number of aryl methyl sites for hydroxylation is 1. The maximum Gasteiger partial charge on any atom is 0.332 e. The number of nitrogens with zero attached hydrogens (tertiary/aromatic N) is 7. The molecule has 0 aliphatic carbocycles. The smallest absolute Gasteiger partial charge is 0.332 e. The summed E-state index contributed by atoms with van der Waals surface area (Å²) < 4.78 is 1.74. The zero-order chi connectivity index (χ0) is 20.0. The highest BCUT2D eigenvalue weighted by Gasteiger charge is 2.41. The van der Waals surface area contributed by atoms with Crippen LogP contribution in [-0.4, -0.2) is 62.3 Å². The molecule has 1 aromatic carbocycles. The molecule has 9 heteroatoms. The average Bonchev–Trinajstić information content (AvgIpc) is 3.27. The molecular formula is C20H21N7O2. The molecule has 148 valence electrons. The van der Waals surface area contributed by atoms with Crippen molar-refractivity contribution in [1.82, 2.24) is 24.7 Å². The molecule has 2 fully saturated rings. The normalized spacial score (nSPS) is 18.3. The van der Waals surface area contributed by atoms with Crippen LogP contribution in [0.1, 0.15) is 18.7 Å². The number of carbonyl (C=O) groups is 2. The van der Waals surface area contributed by atoms with Crippen LogP contribution in [0.2, 0.25) is 0 Å². The first kappa shape index (κ1) is 17.6. The summed E-state index contributed by atoms with van der Waals surface area (Å²) >= 11 is 0. The molecule has 3 aromatic rings. The van der Waals surface area contributed by atoms with Gasteiger partial charge in [-0.15, -0.1) is 15.3 Å². The van der Waals surface area contributed by atoms with Gasteiger partial charge >= 0.3 is 6.03 Å². The van der Waals surface area contributed by atoms with E-state index in [2.05, 4.69) is 20.2 Å². The number of anilines is 2. The van der Waals surface area contributed by atoms with Gasteiger partial charge in [0.1, 0.15) is 12.4 Å². The molecule has 2 aromatic heterocycles. The van der Waals surface area contributed by atoms with Gasteiger partial charge in [-0.05, 0) is 44.0 Å². The number of hydrogen-bond donors (Lipinski definition) is 0. The number of aromatic nitrogens is 4. The van der Waals surface area contributed by atoms with Crippen LogP contribution in [0.4, 0.5) is 16.3 Å². The van der Waals surface area contributed by atoms with Crippen LogP contribution in [0.3, 0.4) is 0 Å². The summed E-state index contributed by atoms with van der Waals surface area (Å²) in [5.41, 5.74) is 1.35. The second kappa shape index (κ2) is 6.84. The lowest BCUT2D eigenvalue weighted by atomic mass is 10.0. The fourth-order valence-corrected chi connectivity index (χ4v) is 4.10. The fourth-order valence-electron chi connectivity index (χ4n) is 4.10. The lowest BCUT2D eigenvalue weighted by Gasteiger charge is -2.36. The van der Waals surface area contributed by atoms with E-state index in [-0.39, 0.29) is 24.5 Å². The molecule has 4 heterocycles. The van der Waals surface area contributed by atoms with E-state index in [1.54, 1.807) is 21.5 Å². The number of amides is 3. The van der Waals surface area contributed by atoms with Gasteiger partial charge in [-0.3, -0.25) is 4.79 Å². The van der Waals surface area contributed by atoms with Gasteiger partial charge < -0.3 is 9.80 Å². The molecule has 5 rings (SSSR count). The maximum atomic E-state index is 12.9. The van der Waals surface area contributed by atoms with Gasteiger partial charge in [0.2, 0.25) is 0 Å². The van der Waals surface area contributed by atoms with Crippen LogP contribution in [0, 0.1) is 6.92 Å². The lowest BCUT2D eigenvalue weighted by Crippen LogP contribution is -2.47. The molecule has 0 N–H and O–H groups in total. The van der Waals surface area contributed by atoms with Crippen LogP contribution in [-0.2, 0) is 4.79 Å². The summed E-state index contributed by atoms with van der Waals surface area (Å²) in [5, 5.41) is 12.7. The van der Waals surface area contributed by atoms with Crippen molar-refractivity contribution in [3.8, 4) is 0 Å². The average molecular weight is 391 g/mol. The third-order valence-corrected chi connectivity index (χ3v) is 5.64. The van der Waals surface area contributed by atoms with Gasteiger partial charge in [-0.25, -0.2) is 9.69 Å². The summed E-state index contributed by atoms with van der Waals surface area (Å²) in [6.45, 7) is 3.56. The van der Waals surface area contributed by atoms with Crippen molar-refractivity contribution in [2.24, 2.45) is 0 Å². The van der Waals surface area contributed by atoms with Crippen LogP contribution < -0.4 is 9.80 Å². The van der Waals surface area contributed by atoms with E-state index in [0.29, 0.717) is 5.69 Å². The molecule has 0 unspecified atom stereocenters. The minimum atomic E-state index is -0.223. The SMILES string of the molecule is Cc1nnc2ccc(N3CCC(N4CC(=O)N(c5ccccc5)C4=O)CC3)nn12. The zero-order valence-electron chi connectivity index (χ0n) is 16.1. The summed E-state index contributed by atoms with van der Waals surface area (Å²) in [4.78, 5) is 30.6. The molecule has 0 spiro atoms. The molecule has 9 nitrogen and oxygen atoms in total. The number of fused-ring (bicyclic) bond motifs is 1. The largest absolute Gasteiger partial charge is 0.355 e. The molecular weight excluding hydrogens is 370 g/mol. The van der Waals surface area contributed by atoms with Crippen molar-refractivity contribution >= 4 is 29.1 Å². The molecule has 3 amide bonds. The molecule has 0 bridgehead atoms. The molecule has 2 aliphatic rings. The Bertz CT molecular complexity index is 1070. The third kappa shape index (κ3) is 2.98. The number of imide groups is 1. The Labute approximate surface area is 167 Å². The highest BCUT2D eigenvalue weighted by molar-refractivity contribution is 6.19. The van der Waals surface area contributed by atoms with Crippen molar-refractivity contribution in [2.75, 3.05) is 29.4 Å². The van der Waals surface area contributed by atoms with Crippen LogP contribution in [0.15, 0.2) is 42.5 Å². The highest BCUT2D eigenvalue weighted by atomic mass is 16.2. The number of benzene rings is 1. The number of urea groups is 1. The van der Waals surface area contributed by atoms with Gasteiger partial charge in [-0.2, -0.15) is 4.52 Å². The third-order valence-electron chi connectivity index (χ3n) is 5.64. The fraction of sp³-hybridized carbons (Fsp3) is 0.350. The van der Waals surface area contributed by atoms with Gasteiger partial charge in [0, 0.05) is 19.1 Å². The van der Waals surface area contributed by atoms with E-state index < -0.39 is 0 Å².